The Morgan fingerprint density at radius 2 is 1.67 bits per heavy atom. The first-order valence-corrected chi connectivity index (χ1v) is 11.3. The van der Waals surface area contributed by atoms with E-state index < -0.39 is 0 Å². The van der Waals surface area contributed by atoms with Gasteiger partial charge in [0, 0.05) is 16.1 Å². The van der Waals surface area contributed by atoms with Gasteiger partial charge >= 0.3 is 0 Å². The Morgan fingerprint density at radius 3 is 2.27 bits per heavy atom. The summed E-state index contributed by atoms with van der Waals surface area (Å²) in [5, 5.41) is 9.38. The van der Waals surface area contributed by atoms with E-state index in [1.807, 2.05) is 60.0 Å². The largest absolute Gasteiger partial charge is 0.497 e. The van der Waals surface area contributed by atoms with Gasteiger partial charge in [-0.25, -0.2) is 0 Å². The minimum absolute atomic E-state index is 0.0508. The van der Waals surface area contributed by atoms with E-state index in [1.165, 1.54) is 11.8 Å². The Kier molecular flexibility index (Phi) is 7.55. The van der Waals surface area contributed by atoms with Crippen LogP contribution >= 0.6 is 27.7 Å². The van der Waals surface area contributed by atoms with Gasteiger partial charge in [-0.3, -0.25) is 4.79 Å². The van der Waals surface area contributed by atoms with Gasteiger partial charge in [0.05, 0.1) is 12.9 Å². The van der Waals surface area contributed by atoms with Gasteiger partial charge < -0.3 is 14.0 Å². The van der Waals surface area contributed by atoms with Crippen molar-refractivity contribution in [3.8, 4) is 11.5 Å². The molecule has 158 valence electrons. The second-order valence-electron chi connectivity index (χ2n) is 6.96. The Labute approximate surface area is 189 Å². The number of carbonyl (C=O) groups is 1. The molecule has 0 bridgehead atoms. The van der Waals surface area contributed by atoms with E-state index in [0.717, 1.165) is 21.8 Å². The molecule has 0 fully saturated rings. The lowest BCUT2D eigenvalue weighted by atomic mass is 10.2. The smallest absolute Gasteiger partial charge is 0.192 e. The summed E-state index contributed by atoms with van der Waals surface area (Å²) in [4.78, 5) is 12.5. The number of rotatable bonds is 9. The number of aromatic nitrogens is 3. The van der Waals surface area contributed by atoms with E-state index in [0.29, 0.717) is 16.5 Å². The maximum atomic E-state index is 12.5. The molecule has 30 heavy (non-hydrogen) atoms. The lowest BCUT2D eigenvalue weighted by molar-refractivity contribution is 0.102. The molecule has 0 amide bonds. The highest BCUT2D eigenvalue weighted by molar-refractivity contribution is 9.10. The zero-order valence-corrected chi connectivity index (χ0v) is 19.7. The molecule has 1 aromatic heterocycles. The maximum absolute atomic E-state index is 12.5. The number of benzene rings is 2. The second kappa shape index (κ2) is 10.1. The van der Waals surface area contributed by atoms with Crippen LogP contribution in [-0.4, -0.2) is 33.4 Å². The van der Waals surface area contributed by atoms with E-state index in [-0.39, 0.29) is 17.9 Å². The van der Waals surface area contributed by atoms with E-state index in [1.54, 1.807) is 7.11 Å². The van der Waals surface area contributed by atoms with Crippen LogP contribution in [0.1, 0.15) is 49.1 Å². The van der Waals surface area contributed by atoms with Crippen molar-refractivity contribution in [2.45, 2.75) is 38.1 Å². The van der Waals surface area contributed by atoms with Crippen LogP contribution in [0.25, 0.3) is 0 Å². The number of halogens is 1. The quantitative estimate of drug-likeness (QED) is 0.281. The lowest BCUT2D eigenvalue weighted by Crippen LogP contribution is -2.14. The zero-order valence-electron chi connectivity index (χ0n) is 17.3. The fourth-order valence-electron chi connectivity index (χ4n) is 2.91. The number of thioether (sulfide) groups is 1. The molecular weight excluding hydrogens is 466 g/mol. The number of Topliss-reactive ketones (excluding diaryl/α,β-unsaturated/α-hetero) is 1. The molecule has 0 radical (unpaired) electrons. The second-order valence-corrected chi connectivity index (χ2v) is 8.82. The first-order valence-electron chi connectivity index (χ1n) is 9.56. The minimum Gasteiger partial charge on any atom is -0.497 e. The van der Waals surface area contributed by atoms with Crippen LogP contribution in [0.15, 0.2) is 58.2 Å². The Hall–Kier alpha value is -2.32. The molecule has 1 atom stereocenters. The molecule has 0 spiro atoms. The summed E-state index contributed by atoms with van der Waals surface area (Å²) in [6, 6.07) is 14.9. The van der Waals surface area contributed by atoms with Crippen molar-refractivity contribution >= 4 is 33.5 Å². The molecule has 3 rings (SSSR count). The third-order valence-electron chi connectivity index (χ3n) is 4.44. The van der Waals surface area contributed by atoms with Crippen molar-refractivity contribution < 1.29 is 14.3 Å². The van der Waals surface area contributed by atoms with Crippen molar-refractivity contribution in [1.29, 1.82) is 0 Å². The van der Waals surface area contributed by atoms with Crippen LogP contribution < -0.4 is 9.47 Å². The molecule has 6 nitrogen and oxygen atoms in total. The fraction of sp³-hybridized carbons (Fsp3) is 0.318. The van der Waals surface area contributed by atoms with Crippen molar-refractivity contribution in [2.75, 3.05) is 12.9 Å². The van der Waals surface area contributed by atoms with Crippen LogP contribution in [0.4, 0.5) is 0 Å². The molecule has 3 aromatic rings. The molecule has 0 saturated carbocycles. The van der Waals surface area contributed by atoms with Gasteiger partial charge in [-0.15, -0.1) is 10.2 Å². The number of carbonyl (C=O) groups excluding carboxylic acids is 1. The van der Waals surface area contributed by atoms with Crippen LogP contribution in [0.3, 0.4) is 0 Å². The predicted octanol–water partition coefficient (Wildman–Crippen LogP) is 5.75. The third-order valence-corrected chi connectivity index (χ3v) is 5.91. The molecule has 0 aliphatic rings. The molecule has 0 N–H and O–H groups in total. The van der Waals surface area contributed by atoms with Gasteiger partial charge in [-0.05, 0) is 57.2 Å². The summed E-state index contributed by atoms with van der Waals surface area (Å²) >= 11 is 4.77. The predicted molar refractivity (Wildman–Crippen MR) is 122 cm³/mol. The average Bonchev–Trinajstić information content (AvgIpc) is 3.17. The van der Waals surface area contributed by atoms with Gasteiger partial charge in [-0.1, -0.05) is 39.8 Å². The van der Waals surface area contributed by atoms with Gasteiger partial charge in [0.2, 0.25) is 0 Å². The summed E-state index contributed by atoms with van der Waals surface area (Å²) in [7, 11) is 1.63. The first-order chi connectivity index (χ1) is 14.4. The number of methoxy groups -OCH3 is 1. The van der Waals surface area contributed by atoms with Crippen molar-refractivity contribution in [1.82, 2.24) is 14.8 Å². The molecule has 0 aliphatic carbocycles. The Balaban J connectivity index is 1.72. The summed E-state index contributed by atoms with van der Waals surface area (Å²) < 4.78 is 14.2. The summed E-state index contributed by atoms with van der Waals surface area (Å²) in [6.07, 6.45) is -0.301. The first kappa shape index (κ1) is 22.4. The van der Waals surface area contributed by atoms with E-state index >= 15 is 0 Å². The maximum Gasteiger partial charge on any atom is 0.192 e. The SMILES string of the molecule is COc1ccc(OC(C)c2nnc(SCC(=O)c3ccc(Br)cc3)n2C(C)C)cc1. The van der Waals surface area contributed by atoms with Gasteiger partial charge in [0.1, 0.15) is 11.5 Å². The van der Waals surface area contributed by atoms with Crippen molar-refractivity contribution in [3.63, 3.8) is 0 Å². The standard InChI is InChI=1S/C22H24BrN3O3S/c1-14(2)26-21(15(3)29-19-11-9-18(28-4)10-12-19)24-25-22(26)30-13-20(27)16-5-7-17(23)8-6-16/h5-12,14-15H,13H2,1-4H3. The van der Waals surface area contributed by atoms with Gasteiger partial charge in [0.25, 0.3) is 0 Å². The van der Waals surface area contributed by atoms with Crippen LogP contribution in [-0.2, 0) is 0 Å². The average molecular weight is 490 g/mol. The summed E-state index contributed by atoms with van der Waals surface area (Å²) in [6.45, 7) is 6.07. The topological polar surface area (TPSA) is 66.2 Å². The number of ether oxygens (including phenoxy) is 2. The van der Waals surface area contributed by atoms with Crippen LogP contribution in [0, 0.1) is 0 Å². The Bertz CT molecular complexity index is 988. The number of nitrogens with zero attached hydrogens (tertiary/aromatic N) is 3. The molecule has 2 aromatic carbocycles. The van der Waals surface area contributed by atoms with Crippen LogP contribution in [0.5, 0.6) is 11.5 Å². The molecule has 1 heterocycles. The summed E-state index contributed by atoms with van der Waals surface area (Å²) in [5.74, 6) is 2.56. The van der Waals surface area contributed by atoms with Gasteiger partial charge in [-0.2, -0.15) is 0 Å². The lowest BCUT2D eigenvalue weighted by Gasteiger charge is -2.19. The van der Waals surface area contributed by atoms with Crippen molar-refractivity contribution in [3.05, 3.63) is 64.4 Å². The number of hydrogen-bond donors (Lipinski definition) is 0. The molecular formula is C22H24BrN3O3S. The Morgan fingerprint density at radius 1 is 1.03 bits per heavy atom. The third kappa shape index (κ3) is 5.43. The minimum atomic E-state index is -0.301. The highest BCUT2D eigenvalue weighted by Gasteiger charge is 2.22. The van der Waals surface area contributed by atoms with E-state index in [2.05, 4.69) is 40.0 Å². The molecule has 1 unspecified atom stereocenters. The normalized spacial score (nSPS) is 12.1. The number of ketones is 1. The summed E-state index contributed by atoms with van der Waals surface area (Å²) in [5.41, 5.74) is 0.678. The zero-order chi connectivity index (χ0) is 21.7. The van der Waals surface area contributed by atoms with E-state index in [9.17, 15) is 4.79 Å². The number of hydrogen-bond acceptors (Lipinski definition) is 6. The van der Waals surface area contributed by atoms with E-state index in [4.69, 9.17) is 9.47 Å². The molecule has 0 aliphatic heterocycles. The van der Waals surface area contributed by atoms with Crippen LogP contribution in [0.2, 0.25) is 0 Å². The highest BCUT2D eigenvalue weighted by Crippen LogP contribution is 2.28. The molecule has 0 saturated heterocycles. The monoisotopic (exact) mass is 489 g/mol. The molecule has 8 heteroatoms. The van der Waals surface area contributed by atoms with Crippen molar-refractivity contribution in [2.24, 2.45) is 0 Å². The van der Waals surface area contributed by atoms with Gasteiger partial charge in [0.15, 0.2) is 22.9 Å². The highest BCUT2D eigenvalue weighted by atomic mass is 79.9. The fourth-order valence-corrected chi connectivity index (χ4v) is 4.14.